The van der Waals surface area contributed by atoms with Crippen LogP contribution in [0.15, 0.2) is 23.2 Å². The fourth-order valence-corrected chi connectivity index (χ4v) is 2.97. The van der Waals surface area contributed by atoms with Crippen molar-refractivity contribution in [2.45, 2.75) is 30.9 Å². The summed E-state index contributed by atoms with van der Waals surface area (Å²) in [7, 11) is 0. The van der Waals surface area contributed by atoms with Crippen LogP contribution >= 0.6 is 11.6 Å². The molecule has 2 fully saturated rings. The van der Waals surface area contributed by atoms with E-state index in [1.807, 2.05) is 4.90 Å². The van der Waals surface area contributed by atoms with Crippen LogP contribution in [0.5, 0.6) is 0 Å². The van der Waals surface area contributed by atoms with Crippen molar-refractivity contribution >= 4 is 17.6 Å². The van der Waals surface area contributed by atoms with Gasteiger partial charge in [-0.25, -0.2) is 0 Å². The summed E-state index contributed by atoms with van der Waals surface area (Å²) in [5.74, 6) is 0.473. The molecule has 1 heterocycles. The van der Waals surface area contributed by atoms with Crippen LogP contribution in [-0.4, -0.2) is 30.5 Å². The highest BCUT2D eigenvalue weighted by atomic mass is 35.5. The average molecular weight is 332 g/mol. The molecule has 7 heteroatoms. The van der Waals surface area contributed by atoms with Crippen LogP contribution < -0.4 is 5.73 Å². The van der Waals surface area contributed by atoms with Crippen LogP contribution in [0.1, 0.15) is 30.4 Å². The highest BCUT2D eigenvalue weighted by molar-refractivity contribution is 6.31. The zero-order valence-electron chi connectivity index (χ0n) is 12.0. The van der Waals surface area contributed by atoms with Crippen LogP contribution in [0.4, 0.5) is 13.2 Å². The van der Waals surface area contributed by atoms with Gasteiger partial charge >= 0.3 is 6.18 Å². The largest absolute Gasteiger partial charge is 0.416 e. The number of likely N-dealkylation sites (tertiary alicyclic amines) is 1. The van der Waals surface area contributed by atoms with Gasteiger partial charge in [-0.05, 0) is 43.0 Å². The Labute approximate surface area is 131 Å². The minimum absolute atomic E-state index is 0.364. The molecule has 1 saturated heterocycles. The third kappa shape index (κ3) is 2.89. The Morgan fingerprint density at radius 3 is 2.50 bits per heavy atom. The van der Waals surface area contributed by atoms with Gasteiger partial charge in [0, 0.05) is 23.5 Å². The van der Waals surface area contributed by atoms with E-state index in [1.165, 1.54) is 6.07 Å². The summed E-state index contributed by atoms with van der Waals surface area (Å²) in [5.41, 5.74) is 5.36. The van der Waals surface area contributed by atoms with Gasteiger partial charge in [-0.15, -0.1) is 0 Å². The molecule has 2 N–H and O–H groups in total. The Bertz CT molecular complexity index is 605. The van der Waals surface area contributed by atoms with Gasteiger partial charge in [0.1, 0.15) is 0 Å². The molecule has 1 aromatic rings. The molecule has 0 spiro atoms. The number of hydrogen-bond donors (Lipinski definition) is 1. The van der Waals surface area contributed by atoms with Crippen LogP contribution in [0.3, 0.4) is 0 Å². The van der Waals surface area contributed by atoms with Crippen molar-refractivity contribution < 1.29 is 13.2 Å². The lowest BCUT2D eigenvalue weighted by molar-refractivity contribution is -0.137. The molecule has 0 bridgehead atoms. The van der Waals surface area contributed by atoms with Gasteiger partial charge < -0.3 is 10.6 Å². The summed E-state index contributed by atoms with van der Waals surface area (Å²) in [5, 5.41) is 0.364. The predicted octanol–water partition coefficient (Wildman–Crippen LogP) is 3.41. The van der Waals surface area contributed by atoms with Gasteiger partial charge in [0.15, 0.2) is 5.96 Å². The van der Waals surface area contributed by atoms with Crippen molar-refractivity contribution in [1.82, 2.24) is 4.90 Å². The highest BCUT2D eigenvalue weighted by Gasteiger charge is 2.46. The molecular weight excluding hydrogens is 315 g/mol. The first-order valence-electron chi connectivity index (χ1n) is 7.24. The zero-order chi connectivity index (χ0) is 16.0. The van der Waals surface area contributed by atoms with Gasteiger partial charge in [0.25, 0.3) is 0 Å². The topological polar surface area (TPSA) is 41.6 Å². The zero-order valence-corrected chi connectivity index (χ0v) is 12.7. The monoisotopic (exact) mass is 331 g/mol. The highest BCUT2D eigenvalue weighted by Crippen LogP contribution is 2.51. The SMILES string of the molecule is NC(=NCC1(c2cc(C(F)(F)F)ccc2Cl)CC1)N1CCC1. The van der Waals surface area contributed by atoms with Crippen molar-refractivity contribution in [2.75, 3.05) is 19.6 Å². The maximum atomic E-state index is 12.9. The minimum atomic E-state index is -4.37. The van der Waals surface area contributed by atoms with Crippen LogP contribution in [0.2, 0.25) is 5.02 Å². The van der Waals surface area contributed by atoms with Crippen molar-refractivity contribution in [3.05, 3.63) is 34.3 Å². The van der Waals surface area contributed by atoms with E-state index >= 15 is 0 Å². The summed E-state index contributed by atoms with van der Waals surface area (Å²) < 4.78 is 38.7. The van der Waals surface area contributed by atoms with Crippen LogP contribution in [0, 0.1) is 0 Å². The van der Waals surface area contributed by atoms with Gasteiger partial charge in [0.2, 0.25) is 0 Å². The lowest BCUT2D eigenvalue weighted by Crippen LogP contribution is -2.46. The Hall–Kier alpha value is -1.43. The third-order valence-corrected chi connectivity index (χ3v) is 4.77. The van der Waals surface area contributed by atoms with E-state index in [4.69, 9.17) is 17.3 Å². The second-order valence-electron chi connectivity index (χ2n) is 5.99. The number of hydrogen-bond acceptors (Lipinski definition) is 1. The Morgan fingerprint density at radius 1 is 1.32 bits per heavy atom. The molecule has 120 valence electrons. The van der Waals surface area contributed by atoms with Gasteiger partial charge in [-0.2, -0.15) is 13.2 Å². The summed E-state index contributed by atoms with van der Waals surface area (Å²) >= 11 is 6.13. The Morgan fingerprint density at radius 2 is 2.00 bits per heavy atom. The van der Waals surface area contributed by atoms with Crippen molar-refractivity contribution in [3.8, 4) is 0 Å². The van der Waals surface area contributed by atoms with Crippen LogP contribution in [0.25, 0.3) is 0 Å². The number of alkyl halides is 3. The maximum Gasteiger partial charge on any atom is 0.416 e. The van der Waals surface area contributed by atoms with Crippen molar-refractivity contribution in [3.63, 3.8) is 0 Å². The smallest absolute Gasteiger partial charge is 0.370 e. The van der Waals surface area contributed by atoms with E-state index in [0.29, 0.717) is 23.1 Å². The maximum absolute atomic E-state index is 12.9. The molecule has 3 rings (SSSR count). The fourth-order valence-electron chi connectivity index (χ4n) is 2.65. The van der Waals surface area contributed by atoms with Gasteiger partial charge in [-0.1, -0.05) is 11.6 Å². The molecule has 1 aliphatic heterocycles. The van der Waals surface area contributed by atoms with Crippen LogP contribution in [-0.2, 0) is 11.6 Å². The third-order valence-electron chi connectivity index (χ3n) is 4.44. The first-order chi connectivity index (χ1) is 10.3. The summed E-state index contributed by atoms with van der Waals surface area (Å²) in [4.78, 5) is 6.33. The minimum Gasteiger partial charge on any atom is -0.370 e. The van der Waals surface area contributed by atoms with Gasteiger partial charge in [-0.3, -0.25) is 4.99 Å². The first-order valence-corrected chi connectivity index (χ1v) is 7.62. The Kier molecular flexibility index (Phi) is 3.75. The normalized spacial score (nSPS) is 20.7. The second kappa shape index (κ2) is 5.33. The predicted molar refractivity (Wildman–Crippen MR) is 80.0 cm³/mol. The number of nitrogens with two attached hydrogens (primary N) is 1. The first kappa shape index (κ1) is 15.5. The number of guanidine groups is 1. The van der Waals surface area contributed by atoms with E-state index in [1.54, 1.807) is 0 Å². The van der Waals surface area contributed by atoms with E-state index in [0.717, 1.165) is 44.5 Å². The molecule has 0 atom stereocenters. The number of halogens is 4. The molecule has 0 unspecified atom stereocenters. The summed E-state index contributed by atoms with van der Waals surface area (Å²) in [6.07, 6.45) is -1.70. The van der Waals surface area contributed by atoms with Crippen molar-refractivity contribution in [2.24, 2.45) is 10.7 Å². The molecular formula is C15H17ClF3N3. The molecule has 22 heavy (non-hydrogen) atoms. The van der Waals surface area contributed by atoms with Crippen molar-refractivity contribution in [1.29, 1.82) is 0 Å². The number of aliphatic imine (C=N–C) groups is 1. The van der Waals surface area contributed by atoms with E-state index in [2.05, 4.69) is 4.99 Å². The lowest BCUT2D eigenvalue weighted by Gasteiger charge is -2.32. The lowest BCUT2D eigenvalue weighted by atomic mass is 9.94. The molecule has 1 saturated carbocycles. The second-order valence-corrected chi connectivity index (χ2v) is 6.39. The standard InChI is InChI=1S/C15H17ClF3N3/c16-12-3-2-10(15(17,18)19)8-11(12)14(4-5-14)9-21-13(20)22-6-1-7-22/h2-3,8H,1,4-7,9H2,(H2,20,21). The average Bonchev–Trinajstić information content (AvgIpc) is 3.14. The van der Waals surface area contributed by atoms with E-state index < -0.39 is 17.2 Å². The number of nitrogens with zero attached hydrogens (tertiary/aromatic N) is 2. The molecule has 1 aromatic carbocycles. The summed E-state index contributed by atoms with van der Waals surface area (Å²) in [6.45, 7) is 2.18. The molecule has 3 nitrogen and oxygen atoms in total. The molecule has 0 amide bonds. The van der Waals surface area contributed by atoms with E-state index in [9.17, 15) is 13.2 Å². The molecule has 0 aromatic heterocycles. The Balaban J connectivity index is 1.83. The molecule has 2 aliphatic rings. The summed E-state index contributed by atoms with van der Waals surface area (Å²) in [6, 6.07) is 3.49. The fraction of sp³-hybridized carbons (Fsp3) is 0.533. The quantitative estimate of drug-likeness (QED) is 0.681. The number of benzene rings is 1. The van der Waals surface area contributed by atoms with E-state index in [-0.39, 0.29) is 0 Å². The molecule has 1 aliphatic carbocycles. The molecule has 0 radical (unpaired) electrons. The number of rotatable bonds is 3. The van der Waals surface area contributed by atoms with Gasteiger partial charge in [0.05, 0.1) is 12.1 Å².